The molecule has 0 spiro atoms. The van der Waals surface area contributed by atoms with Crippen LogP contribution in [0.5, 0.6) is 0 Å². The molecule has 2 unspecified atom stereocenters. The van der Waals surface area contributed by atoms with Crippen molar-refractivity contribution in [3.05, 3.63) is 56.5 Å². The summed E-state index contributed by atoms with van der Waals surface area (Å²) in [6, 6.07) is 7.54. The van der Waals surface area contributed by atoms with E-state index in [1.807, 2.05) is 18.2 Å². The molecule has 1 aromatic carbocycles. The molecule has 11 nitrogen and oxygen atoms in total. The number of aromatic nitrogens is 4. The molecule has 30 heavy (non-hydrogen) atoms. The van der Waals surface area contributed by atoms with Gasteiger partial charge in [0.1, 0.15) is 24.1 Å². The molecule has 0 saturated carbocycles. The van der Waals surface area contributed by atoms with Gasteiger partial charge in [0.05, 0.1) is 19.5 Å². The van der Waals surface area contributed by atoms with Gasteiger partial charge in [0, 0.05) is 15.0 Å². The Hall–Kier alpha value is -2.51. The highest BCUT2D eigenvalue weighted by Gasteiger charge is 2.61. The number of aliphatic hydroxyl groups is 1. The zero-order valence-corrected chi connectivity index (χ0v) is 17.7. The molecule has 4 atom stereocenters. The van der Waals surface area contributed by atoms with Gasteiger partial charge in [-0.2, -0.15) is 0 Å². The molecule has 12 heteroatoms. The van der Waals surface area contributed by atoms with E-state index < -0.39 is 24.0 Å². The van der Waals surface area contributed by atoms with E-state index in [1.165, 1.54) is 6.33 Å². The first-order chi connectivity index (χ1) is 14.6. The predicted molar refractivity (Wildman–Crippen MR) is 114 cm³/mol. The maximum Gasteiger partial charge on any atom is 0.167 e. The number of aliphatic hydroxyl groups excluding tert-OH is 1. The van der Waals surface area contributed by atoms with Crippen LogP contribution in [-0.2, 0) is 16.0 Å². The average Bonchev–Trinajstić information content (AvgIpc) is 3.43. The van der Waals surface area contributed by atoms with Gasteiger partial charge in [-0.3, -0.25) is 4.57 Å². The van der Waals surface area contributed by atoms with Crippen LogP contribution in [0, 0.1) is 3.57 Å². The first-order valence-electron chi connectivity index (χ1n) is 9.25. The number of fused-ring (bicyclic) bond motifs is 3. The molecule has 2 aromatic heterocycles. The van der Waals surface area contributed by atoms with Crippen molar-refractivity contribution in [3.63, 3.8) is 0 Å². The molecule has 154 valence electrons. The highest BCUT2D eigenvalue weighted by molar-refractivity contribution is 14.1. The predicted octanol–water partition coefficient (Wildman–Crippen LogP) is 2.38. The van der Waals surface area contributed by atoms with Crippen LogP contribution in [0.15, 0.2) is 42.0 Å². The van der Waals surface area contributed by atoms with Gasteiger partial charge >= 0.3 is 0 Å². The Morgan fingerprint density at radius 2 is 2.30 bits per heavy atom. The zero-order valence-electron chi connectivity index (χ0n) is 15.6. The molecular weight excluding hydrogens is 503 g/mol. The smallest absolute Gasteiger partial charge is 0.167 e. The van der Waals surface area contributed by atoms with E-state index in [1.54, 1.807) is 10.9 Å². The van der Waals surface area contributed by atoms with Crippen LogP contribution in [0.1, 0.15) is 11.8 Å². The fourth-order valence-corrected chi connectivity index (χ4v) is 4.59. The van der Waals surface area contributed by atoms with E-state index in [0.29, 0.717) is 23.5 Å². The van der Waals surface area contributed by atoms with Crippen molar-refractivity contribution in [3.8, 4) is 0 Å². The molecular formula is C18H17IN8O3. The molecule has 2 aliphatic rings. The summed E-state index contributed by atoms with van der Waals surface area (Å²) in [5.74, 6) is 0.602. The van der Waals surface area contributed by atoms with Crippen molar-refractivity contribution in [2.45, 2.75) is 30.5 Å². The number of azide groups is 1. The van der Waals surface area contributed by atoms with E-state index in [2.05, 4.69) is 59.0 Å². The van der Waals surface area contributed by atoms with Crippen LogP contribution >= 0.6 is 22.6 Å². The minimum atomic E-state index is -1.06. The van der Waals surface area contributed by atoms with Gasteiger partial charge in [-0.05, 0) is 45.8 Å². The maximum atomic E-state index is 9.86. The van der Waals surface area contributed by atoms with Crippen LogP contribution in [0.4, 0.5) is 5.82 Å². The summed E-state index contributed by atoms with van der Waals surface area (Å²) in [5, 5.41) is 17.0. The Bertz CT molecular complexity index is 1150. The van der Waals surface area contributed by atoms with Gasteiger partial charge in [-0.25, -0.2) is 15.0 Å². The fourth-order valence-electron chi connectivity index (χ4n) is 3.98. The number of imidazole rings is 1. The van der Waals surface area contributed by atoms with Gasteiger partial charge in [0.2, 0.25) is 0 Å². The van der Waals surface area contributed by atoms with Gasteiger partial charge < -0.3 is 19.9 Å². The molecule has 4 heterocycles. The summed E-state index contributed by atoms with van der Waals surface area (Å²) < 4.78 is 14.8. The lowest BCUT2D eigenvalue weighted by molar-refractivity contribution is -0.182. The lowest BCUT2D eigenvalue weighted by Gasteiger charge is -2.29. The number of nitrogens with zero attached hydrogens (tertiary/aromatic N) is 7. The van der Waals surface area contributed by atoms with Gasteiger partial charge in [0.25, 0.3) is 0 Å². The van der Waals surface area contributed by atoms with Crippen molar-refractivity contribution in [2.24, 2.45) is 5.11 Å². The fraction of sp³-hybridized carbons (Fsp3) is 0.389. The molecule has 2 saturated heterocycles. The molecule has 2 N–H and O–H groups in total. The van der Waals surface area contributed by atoms with Crippen molar-refractivity contribution in [1.82, 2.24) is 19.5 Å². The van der Waals surface area contributed by atoms with Crippen LogP contribution in [0.2, 0.25) is 0 Å². The Balaban J connectivity index is 1.45. The standard InChI is InChI=1S/C18H17IN8O3/c19-11-3-1-2-10(4-11)5-21-15-12-16(23-8-22-15)27(9-24-12)17-13-14(25-26-20)18(6-28,30-17)7-29-13/h1-4,8-9,13-14,17,28H,5-7H2,(H,21,22,23)/t13?,14?,17-,18-/m1/s1. The van der Waals surface area contributed by atoms with Gasteiger partial charge in [-0.1, -0.05) is 17.2 Å². The molecule has 0 aliphatic carbocycles. The van der Waals surface area contributed by atoms with E-state index in [0.717, 1.165) is 9.13 Å². The third-order valence-corrected chi connectivity index (χ3v) is 6.10. The number of ether oxygens (including phenoxy) is 2. The molecule has 0 amide bonds. The number of benzene rings is 1. The number of hydrogen-bond donors (Lipinski definition) is 2. The Morgan fingerprint density at radius 1 is 1.40 bits per heavy atom. The number of anilines is 1. The highest BCUT2D eigenvalue weighted by atomic mass is 127. The number of nitrogens with one attached hydrogen (secondary N) is 1. The van der Waals surface area contributed by atoms with E-state index in [9.17, 15) is 5.11 Å². The normalized spacial score (nSPS) is 27.3. The first-order valence-corrected chi connectivity index (χ1v) is 10.3. The first kappa shape index (κ1) is 19.5. The van der Waals surface area contributed by atoms with Crippen LogP contribution in [0.25, 0.3) is 21.6 Å². The van der Waals surface area contributed by atoms with Gasteiger partial charge in [0.15, 0.2) is 23.2 Å². The van der Waals surface area contributed by atoms with Crippen molar-refractivity contribution < 1.29 is 14.6 Å². The molecule has 5 rings (SSSR count). The van der Waals surface area contributed by atoms with Crippen LogP contribution in [0.3, 0.4) is 0 Å². The summed E-state index contributed by atoms with van der Waals surface area (Å²) >= 11 is 2.28. The van der Waals surface area contributed by atoms with E-state index in [4.69, 9.17) is 15.0 Å². The molecule has 3 aromatic rings. The Labute approximate surface area is 184 Å². The van der Waals surface area contributed by atoms with Crippen LogP contribution in [-0.4, -0.2) is 55.6 Å². The second kappa shape index (κ2) is 7.63. The highest BCUT2D eigenvalue weighted by Crippen LogP contribution is 2.47. The lowest BCUT2D eigenvalue weighted by atomic mass is 9.98. The Kier molecular flexibility index (Phi) is 4.95. The minimum Gasteiger partial charge on any atom is -0.393 e. The van der Waals surface area contributed by atoms with E-state index in [-0.39, 0.29) is 13.2 Å². The van der Waals surface area contributed by atoms with Crippen molar-refractivity contribution >= 4 is 39.6 Å². The summed E-state index contributed by atoms with van der Waals surface area (Å²) in [6.45, 7) is 0.445. The molecule has 2 fully saturated rings. The molecule has 2 aliphatic heterocycles. The second-order valence-corrected chi connectivity index (χ2v) is 8.43. The van der Waals surface area contributed by atoms with Crippen LogP contribution < -0.4 is 5.32 Å². The van der Waals surface area contributed by atoms with Crippen molar-refractivity contribution in [2.75, 3.05) is 18.5 Å². The molecule has 0 radical (unpaired) electrons. The Morgan fingerprint density at radius 3 is 3.10 bits per heavy atom. The number of rotatable bonds is 6. The topological polar surface area (TPSA) is 143 Å². The quantitative estimate of drug-likeness (QED) is 0.220. The lowest BCUT2D eigenvalue weighted by Crippen LogP contribution is -2.43. The summed E-state index contributed by atoms with van der Waals surface area (Å²) in [6.07, 6.45) is 1.90. The SMILES string of the molecule is [N-]=[N+]=NC1C2OC[C@@]1(CO)O[C@H]2n1cnc2c(NCc3cccc(I)c3)ncnc21. The summed E-state index contributed by atoms with van der Waals surface area (Å²) in [7, 11) is 0. The largest absolute Gasteiger partial charge is 0.393 e. The zero-order chi connectivity index (χ0) is 20.7. The maximum absolute atomic E-state index is 9.86. The summed E-state index contributed by atoms with van der Waals surface area (Å²) in [5.41, 5.74) is 10.1. The summed E-state index contributed by atoms with van der Waals surface area (Å²) in [4.78, 5) is 16.1. The third kappa shape index (κ3) is 3.08. The monoisotopic (exact) mass is 520 g/mol. The second-order valence-electron chi connectivity index (χ2n) is 7.19. The van der Waals surface area contributed by atoms with Crippen molar-refractivity contribution in [1.29, 1.82) is 0 Å². The number of hydrogen-bond acceptors (Lipinski definition) is 8. The van der Waals surface area contributed by atoms with E-state index >= 15 is 0 Å². The van der Waals surface area contributed by atoms with Gasteiger partial charge in [-0.15, -0.1) is 0 Å². The average molecular weight is 520 g/mol. The molecule has 2 bridgehead atoms. The minimum absolute atomic E-state index is 0.165. The third-order valence-electron chi connectivity index (χ3n) is 5.43. The number of halogens is 1.